The number of aliphatic hydroxyl groups is 1. The molecule has 0 atom stereocenters. The summed E-state index contributed by atoms with van der Waals surface area (Å²) in [5.41, 5.74) is 1.84. The van der Waals surface area contributed by atoms with Crippen LogP contribution in [0.15, 0.2) is 48.5 Å². The summed E-state index contributed by atoms with van der Waals surface area (Å²) in [5.74, 6) is 0.654. The summed E-state index contributed by atoms with van der Waals surface area (Å²) in [4.78, 5) is 0. The third kappa shape index (κ3) is 3.76. The van der Waals surface area contributed by atoms with E-state index in [9.17, 15) is 0 Å². The van der Waals surface area contributed by atoms with E-state index in [4.69, 9.17) is 22.8 Å². The van der Waals surface area contributed by atoms with Gasteiger partial charge in [0.2, 0.25) is 0 Å². The SMILES string of the molecule is [2H]c1cc(OCc2ccc(Cl)cc2)ccc1CCO. The molecule has 0 unspecified atom stereocenters. The second-order valence-electron chi connectivity index (χ2n) is 3.94. The maximum absolute atomic E-state index is 8.86. The topological polar surface area (TPSA) is 29.5 Å². The van der Waals surface area contributed by atoms with Gasteiger partial charge in [-0.05, 0) is 41.8 Å². The van der Waals surface area contributed by atoms with Crippen molar-refractivity contribution in [3.8, 4) is 5.75 Å². The van der Waals surface area contributed by atoms with Crippen LogP contribution in [0.5, 0.6) is 5.75 Å². The fourth-order valence-electron chi connectivity index (χ4n) is 1.56. The number of hydrogen-bond donors (Lipinski definition) is 1. The van der Waals surface area contributed by atoms with E-state index in [1.165, 1.54) is 0 Å². The molecular weight excluding hydrogens is 248 g/mol. The van der Waals surface area contributed by atoms with E-state index in [1.54, 1.807) is 6.07 Å². The molecule has 2 nitrogen and oxygen atoms in total. The molecule has 0 radical (unpaired) electrons. The standard InChI is InChI=1S/C15H15ClO2/c16-14-5-1-13(2-6-14)11-18-15-7-3-12(4-8-15)9-10-17/h1-8,17H,9-11H2/i3D. The minimum absolute atomic E-state index is 0.0524. The van der Waals surface area contributed by atoms with Crippen LogP contribution in [0.3, 0.4) is 0 Å². The monoisotopic (exact) mass is 263 g/mol. The van der Waals surface area contributed by atoms with Gasteiger partial charge in [0, 0.05) is 11.6 Å². The molecular formula is C15H15ClO2. The average molecular weight is 264 g/mol. The molecule has 0 fully saturated rings. The molecule has 0 bridgehead atoms. The van der Waals surface area contributed by atoms with Gasteiger partial charge in [0.25, 0.3) is 0 Å². The van der Waals surface area contributed by atoms with E-state index in [-0.39, 0.29) is 6.61 Å². The fourth-order valence-corrected chi connectivity index (χ4v) is 1.68. The summed E-state index contributed by atoms with van der Waals surface area (Å²) in [6.45, 7) is 0.493. The molecule has 3 heteroatoms. The van der Waals surface area contributed by atoms with E-state index >= 15 is 0 Å². The van der Waals surface area contributed by atoms with Gasteiger partial charge in [0.05, 0.1) is 1.37 Å². The summed E-state index contributed by atoms with van der Waals surface area (Å²) >= 11 is 5.81. The number of benzene rings is 2. The Bertz CT molecular complexity index is 540. The first kappa shape index (κ1) is 11.6. The van der Waals surface area contributed by atoms with Gasteiger partial charge in [-0.3, -0.25) is 0 Å². The van der Waals surface area contributed by atoms with Gasteiger partial charge in [0.1, 0.15) is 12.4 Å². The highest BCUT2D eigenvalue weighted by atomic mass is 35.5. The highest BCUT2D eigenvalue weighted by Crippen LogP contribution is 2.15. The molecule has 0 aliphatic carbocycles. The van der Waals surface area contributed by atoms with Crippen molar-refractivity contribution in [2.45, 2.75) is 13.0 Å². The molecule has 0 aliphatic heterocycles. The lowest BCUT2D eigenvalue weighted by atomic mass is 10.1. The van der Waals surface area contributed by atoms with Crippen LogP contribution in [0.25, 0.3) is 0 Å². The van der Waals surface area contributed by atoms with Crippen LogP contribution < -0.4 is 4.74 Å². The second kappa shape index (κ2) is 6.43. The summed E-state index contributed by atoms with van der Waals surface area (Å²) in [5, 5.41) is 9.56. The zero-order valence-electron chi connectivity index (χ0n) is 10.9. The molecule has 2 aromatic carbocycles. The predicted octanol–water partition coefficient (Wildman–Crippen LogP) is 3.45. The summed E-state index contributed by atoms with van der Waals surface area (Å²) < 4.78 is 13.4. The van der Waals surface area contributed by atoms with E-state index in [2.05, 4.69) is 0 Å². The lowest BCUT2D eigenvalue weighted by Gasteiger charge is -2.07. The highest BCUT2D eigenvalue weighted by Gasteiger charge is 1.97. The largest absolute Gasteiger partial charge is 0.489 e. The first-order valence-electron chi connectivity index (χ1n) is 6.26. The molecule has 0 spiro atoms. The number of ether oxygens (including phenoxy) is 1. The Hall–Kier alpha value is -1.51. The second-order valence-corrected chi connectivity index (χ2v) is 4.37. The summed E-state index contributed by atoms with van der Waals surface area (Å²) in [6.07, 6.45) is 0.496. The van der Waals surface area contributed by atoms with Crippen LogP contribution in [-0.2, 0) is 13.0 Å². The van der Waals surface area contributed by atoms with Crippen LogP contribution in [0.4, 0.5) is 0 Å². The number of rotatable bonds is 5. The Labute approximate surface area is 113 Å². The Balaban J connectivity index is 1.99. The Morgan fingerprint density at radius 2 is 1.78 bits per heavy atom. The van der Waals surface area contributed by atoms with Crippen molar-refractivity contribution in [1.82, 2.24) is 0 Å². The lowest BCUT2D eigenvalue weighted by Crippen LogP contribution is -1.96. The average Bonchev–Trinajstić information content (AvgIpc) is 2.41. The summed E-state index contributed by atoms with van der Waals surface area (Å²) in [7, 11) is 0. The van der Waals surface area contributed by atoms with Crippen molar-refractivity contribution in [2.24, 2.45) is 0 Å². The molecule has 0 aromatic heterocycles. The van der Waals surface area contributed by atoms with E-state index < -0.39 is 0 Å². The van der Waals surface area contributed by atoms with Crippen LogP contribution in [0, 0.1) is 0 Å². The highest BCUT2D eigenvalue weighted by molar-refractivity contribution is 6.30. The van der Waals surface area contributed by atoms with Gasteiger partial charge in [0.15, 0.2) is 0 Å². The van der Waals surface area contributed by atoms with Gasteiger partial charge in [-0.15, -0.1) is 0 Å². The Kier molecular flexibility index (Phi) is 4.13. The zero-order valence-corrected chi connectivity index (χ0v) is 10.7. The van der Waals surface area contributed by atoms with Crippen molar-refractivity contribution in [3.05, 3.63) is 64.7 Å². The van der Waals surface area contributed by atoms with Crippen LogP contribution in [0.1, 0.15) is 12.5 Å². The lowest BCUT2D eigenvalue weighted by molar-refractivity contribution is 0.298. The van der Waals surface area contributed by atoms with Crippen LogP contribution in [-0.4, -0.2) is 11.7 Å². The minimum atomic E-state index is 0.0524. The quantitative estimate of drug-likeness (QED) is 0.895. The number of aliphatic hydroxyl groups excluding tert-OH is 1. The molecule has 0 saturated carbocycles. The van der Waals surface area contributed by atoms with Gasteiger partial charge < -0.3 is 9.84 Å². The first-order chi connectivity index (χ1) is 9.19. The first-order valence-corrected chi connectivity index (χ1v) is 6.14. The van der Waals surface area contributed by atoms with Crippen molar-refractivity contribution in [3.63, 3.8) is 0 Å². The fraction of sp³-hybridized carbons (Fsp3) is 0.200. The van der Waals surface area contributed by atoms with Gasteiger partial charge in [-0.1, -0.05) is 35.8 Å². The Morgan fingerprint density at radius 3 is 2.44 bits per heavy atom. The zero-order chi connectivity index (χ0) is 13.7. The van der Waals surface area contributed by atoms with Crippen LogP contribution in [0.2, 0.25) is 5.02 Å². The Morgan fingerprint density at radius 1 is 1.06 bits per heavy atom. The van der Waals surface area contributed by atoms with Gasteiger partial charge >= 0.3 is 0 Å². The normalized spacial score (nSPS) is 11.1. The number of halogens is 1. The maximum Gasteiger partial charge on any atom is 0.119 e. The molecule has 2 rings (SSSR count). The molecule has 0 aliphatic rings. The molecule has 0 amide bonds. The third-order valence-corrected chi connectivity index (χ3v) is 2.80. The van der Waals surface area contributed by atoms with Crippen molar-refractivity contribution in [2.75, 3.05) is 6.61 Å². The van der Waals surface area contributed by atoms with Gasteiger partial charge in [-0.25, -0.2) is 0 Å². The third-order valence-electron chi connectivity index (χ3n) is 2.55. The predicted molar refractivity (Wildman–Crippen MR) is 73.0 cm³/mol. The number of hydrogen-bond acceptors (Lipinski definition) is 2. The molecule has 0 saturated heterocycles. The van der Waals surface area contributed by atoms with Crippen molar-refractivity contribution >= 4 is 11.6 Å². The molecule has 0 heterocycles. The van der Waals surface area contributed by atoms with Crippen molar-refractivity contribution in [1.29, 1.82) is 0 Å². The molecule has 1 N–H and O–H groups in total. The van der Waals surface area contributed by atoms with Crippen LogP contribution >= 0.6 is 11.6 Å². The van der Waals surface area contributed by atoms with E-state index in [1.807, 2.05) is 36.4 Å². The smallest absolute Gasteiger partial charge is 0.119 e. The van der Waals surface area contributed by atoms with Crippen molar-refractivity contribution < 1.29 is 11.2 Å². The minimum Gasteiger partial charge on any atom is -0.489 e. The molecule has 18 heavy (non-hydrogen) atoms. The van der Waals surface area contributed by atoms with E-state index in [0.29, 0.717) is 29.8 Å². The molecule has 2 aromatic rings. The summed E-state index contributed by atoms with van der Waals surface area (Å²) in [6, 6.07) is 13.1. The maximum atomic E-state index is 8.86. The van der Waals surface area contributed by atoms with Gasteiger partial charge in [-0.2, -0.15) is 0 Å². The van der Waals surface area contributed by atoms with E-state index in [0.717, 1.165) is 11.1 Å². The molecule has 94 valence electrons.